The van der Waals surface area contributed by atoms with Crippen LogP contribution in [-0.4, -0.2) is 11.0 Å². The second-order valence-electron chi connectivity index (χ2n) is 5.65. The van der Waals surface area contributed by atoms with Crippen molar-refractivity contribution in [1.82, 2.24) is 5.43 Å². The van der Waals surface area contributed by atoms with Gasteiger partial charge in [0.1, 0.15) is 0 Å². The lowest BCUT2D eigenvalue weighted by Gasteiger charge is -2.28. The van der Waals surface area contributed by atoms with Gasteiger partial charge in [0, 0.05) is 0 Å². The minimum atomic E-state index is -1.86. The number of hydrogen-bond acceptors (Lipinski definition) is 3. The van der Waals surface area contributed by atoms with Crippen molar-refractivity contribution in [2.24, 2.45) is 0 Å². The molecule has 0 saturated heterocycles. The van der Waals surface area contributed by atoms with E-state index in [2.05, 4.69) is 10.9 Å². The lowest BCUT2D eigenvalue weighted by atomic mass is 9.85. The smallest absolute Gasteiger partial charge is 0.279 e. The van der Waals surface area contributed by atoms with Gasteiger partial charge in [0.15, 0.2) is 5.60 Å². The monoisotopic (exact) mass is 386 g/mol. The summed E-state index contributed by atoms with van der Waals surface area (Å²) >= 11 is 11.9. The van der Waals surface area contributed by atoms with E-state index in [1.807, 2.05) is 12.1 Å². The van der Waals surface area contributed by atoms with Crippen molar-refractivity contribution in [2.45, 2.75) is 5.60 Å². The Bertz CT molecular complexity index is 863. The molecule has 0 aliphatic carbocycles. The zero-order chi connectivity index (χ0) is 18.6. The van der Waals surface area contributed by atoms with Crippen LogP contribution < -0.4 is 10.9 Å². The molecule has 3 aromatic rings. The first-order valence-electron chi connectivity index (χ1n) is 7.87. The number of halogens is 2. The minimum absolute atomic E-state index is 0.354. The van der Waals surface area contributed by atoms with Gasteiger partial charge in [-0.2, -0.15) is 0 Å². The first-order valence-corrected chi connectivity index (χ1v) is 8.62. The van der Waals surface area contributed by atoms with E-state index in [4.69, 9.17) is 23.2 Å². The van der Waals surface area contributed by atoms with E-state index in [9.17, 15) is 9.90 Å². The number of hydrogen-bond donors (Lipinski definition) is 3. The van der Waals surface area contributed by atoms with Crippen molar-refractivity contribution in [2.75, 3.05) is 5.43 Å². The highest BCUT2D eigenvalue weighted by molar-refractivity contribution is 6.42. The van der Waals surface area contributed by atoms with Crippen LogP contribution in [-0.2, 0) is 10.4 Å². The Morgan fingerprint density at radius 3 is 1.85 bits per heavy atom. The average molecular weight is 387 g/mol. The minimum Gasteiger partial charge on any atom is -0.372 e. The van der Waals surface area contributed by atoms with Gasteiger partial charge < -0.3 is 5.11 Å². The fourth-order valence-corrected chi connectivity index (χ4v) is 2.88. The van der Waals surface area contributed by atoms with E-state index in [1.165, 1.54) is 0 Å². The molecule has 0 radical (unpaired) electrons. The Morgan fingerprint density at radius 1 is 0.808 bits per heavy atom. The van der Waals surface area contributed by atoms with Gasteiger partial charge >= 0.3 is 0 Å². The van der Waals surface area contributed by atoms with Crippen LogP contribution in [0.15, 0.2) is 78.9 Å². The molecule has 3 N–H and O–H groups in total. The molecule has 0 heterocycles. The molecule has 132 valence electrons. The second-order valence-corrected chi connectivity index (χ2v) is 6.46. The predicted octanol–water partition coefficient (Wildman–Crippen LogP) is 4.37. The molecule has 0 aliphatic rings. The molecule has 0 spiro atoms. The number of benzene rings is 3. The third-order valence-corrected chi connectivity index (χ3v) is 4.69. The summed E-state index contributed by atoms with van der Waals surface area (Å²) in [4.78, 5) is 12.9. The van der Waals surface area contributed by atoms with Crippen LogP contribution >= 0.6 is 23.2 Å². The predicted molar refractivity (Wildman–Crippen MR) is 104 cm³/mol. The number of anilines is 1. The Morgan fingerprint density at radius 2 is 1.35 bits per heavy atom. The highest BCUT2D eigenvalue weighted by Crippen LogP contribution is 2.30. The molecule has 0 aromatic heterocycles. The lowest BCUT2D eigenvalue weighted by molar-refractivity contribution is -0.136. The van der Waals surface area contributed by atoms with Crippen molar-refractivity contribution in [3.8, 4) is 0 Å². The van der Waals surface area contributed by atoms with Crippen molar-refractivity contribution < 1.29 is 9.90 Å². The fraction of sp³-hybridized carbons (Fsp3) is 0.0500. The molecule has 3 aromatic carbocycles. The molecule has 26 heavy (non-hydrogen) atoms. The normalized spacial score (nSPS) is 11.0. The van der Waals surface area contributed by atoms with Gasteiger partial charge in [-0.05, 0) is 29.3 Å². The molecule has 0 aliphatic heterocycles. The Labute approximate surface area is 161 Å². The molecule has 4 nitrogen and oxygen atoms in total. The lowest BCUT2D eigenvalue weighted by Crippen LogP contribution is -2.47. The maximum Gasteiger partial charge on any atom is 0.279 e. The number of rotatable bonds is 5. The van der Waals surface area contributed by atoms with Crippen molar-refractivity contribution >= 4 is 34.8 Å². The summed E-state index contributed by atoms with van der Waals surface area (Å²) in [5, 5.41) is 12.1. The number of carbonyl (C=O) groups is 1. The first kappa shape index (κ1) is 18.3. The summed E-state index contributed by atoms with van der Waals surface area (Å²) in [6.07, 6.45) is 0. The zero-order valence-electron chi connectivity index (χ0n) is 13.6. The Kier molecular flexibility index (Phi) is 5.47. The maximum atomic E-state index is 12.9. The van der Waals surface area contributed by atoms with Crippen LogP contribution in [0.25, 0.3) is 0 Å². The van der Waals surface area contributed by atoms with E-state index in [1.54, 1.807) is 66.7 Å². The van der Waals surface area contributed by atoms with E-state index in [0.29, 0.717) is 26.9 Å². The molecular weight excluding hydrogens is 371 g/mol. The second kappa shape index (κ2) is 7.79. The SMILES string of the molecule is O=C(NNc1ccc(Cl)c(Cl)c1)C(O)(c1ccccc1)c1ccccc1. The summed E-state index contributed by atoms with van der Waals surface area (Å²) in [6, 6.07) is 22.4. The maximum absolute atomic E-state index is 12.9. The number of hydrazine groups is 1. The molecule has 0 saturated carbocycles. The van der Waals surface area contributed by atoms with E-state index < -0.39 is 11.5 Å². The van der Waals surface area contributed by atoms with Gasteiger partial charge in [-0.25, -0.2) is 0 Å². The van der Waals surface area contributed by atoms with Crippen molar-refractivity contribution in [1.29, 1.82) is 0 Å². The topological polar surface area (TPSA) is 61.4 Å². The zero-order valence-corrected chi connectivity index (χ0v) is 15.1. The van der Waals surface area contributed by atoms with Gasteiger partial charge in [-0.15, -0.1) is 0 Å². The number of carbonyl (C=O) groups excluding carboxylic acids is 1. The fourth-order valence-electron chi connectivity index (χ4n) is 2.58. The van der Waals surface area contributed by atoms with Gasteiger partial charge in [0.25, 0.3) is 5.91 Å². The molecule has 1 amide bonds. The third-order valence-electron chi connectivity index (χ3n) is 3.95. The molecule has 0 atom stereocenters. The van der Waals surface area contributed by atoms with Crippen LogP contribution in [0.1, 0.15) is 11.1 Å². The quantitative estimate of drug-likeness (QED) is 0.570. The van der Waals surface area contributed by atoms with Crippen LogP contribution in [0.4, 0.5) is 5.69 Å². The van der Waals surface area contributed by atoms with Crippen LogP contribution in [0, 0.1) is 0 Å². The number of nitrogens with one attached hydrogen (secondary N) is 2. The highest BCUT2D eigenvalue weighted by Gasteiger charge is 2.39. The molecule has 0 unspecified atom stereocenters. The van der Waals surface area contributed by atoms with E-state index in [0.717, 1.165) is 0 Å². The van der Waals surface area contributed by atoms with Crippen molar-refractivity contribution in [3.05, 3.63) is 100 Å². The van der Waals surface area contributed by atoms with Crippen LogP contribution in [0.5, 0.6) is 0 Å². The van der Waals surface area contributed by atoms with Crippen molar-refractivity contribution in [3.63, 3.8) is 0 Å². The molecule has 6 heteroatoms. The van der Waals surface area contributed by atoms with Gasteiger partial charge in [0.05, 0.1) is 15.7 Å². The molecule has 0 fully saturated rings. The number of amides is 1. The molecule has 0 bridgehead atoms. The Balaban J connectivity index is 1.89. The summed E-state index contributed by atoms with van der Waals surface area (Å²) in [5.74, 6) is -0.624. The highest BCUT2D eigenvalue weighted by atomic mass is 35.5. The third kappa shape index (κ3) is 3.68. The summed E-state index contributed by atoms with van der Waals surface area (Å²) in [7, 11) is 0. The van der Waals surface area contributed by atoms with Gasteiger partial charge in [-0.3, -0.25) is 15.6 Å². The van der Waals surface area contributed by atoms with E-state index >= 15 is 0 Å². The van der Waals surface area contributed by atoms with E-state index in [-0.39, 0.29) is 0 Å². The summed E-state index contributed by atoms with van der Waals surface area (Å²) in [6.45, 7) is 0. The summed E-state index contributed by atoms with van der Waals surface area (Å²) in [5.41, 5.74) is 4.90. The van der Waals surface area contributed by atoms with Crippen LogP contribution in [0.3, 0.4) is 0 Å². The standard InChI is InChI=1S/C20H16Cl2N2O2/c21-17-12-11-16(13-18(17)22)23-24-19(25)20(26,14-7-3-1-4-8-14)15-9-5-2-6-10-15/h1-13,23,26H,(H,24,25). The Hall–Kier alpha value is -2.53. The van der Waals surface area contributed by atoms with Crippen LogP contribution in [0.2, 0.25) is 10.0 Å². The summed E-state index contributed by atoms with van der Waals surface area (Å²) < 4.78 is 0. The van der Waals surface area contributed by atoms with Gasteiger partial charge in [-0.1, -0.05) is 83.9 Å². The first-order chi connectivity index (χ1) is 12.5. The molecular formula is C20H16Cl2N2O2. The average Bonchev–Trinajstić information content (AvgIpc) is 2.69. The number of aliphatic hydroxyl groups is 1. The largest absolute Gasteiger partial charge is 0.372 e. The van der Waals surface area contributed by atoms with Gasteiger partial charge in [0.2, 0.25) is 0 Å². The molecule has 3 rings (SSSR count).